The van der Waals surface area contributed by atoms with Crippen LogP contribution in [0.15, 0.2) is 85.2 Å². The second-order valence-electron chi connectivity index (χ2n) is 25.8. The van der Waals surface area contributed by atoms with Crippen molar-refractivity contribution in [1.82, 2.24) is 44.8 Å². The largest absolute Gasteiger partial charge is 0.350 e. The summed E-state index contributed by atoms with van der Waals surface area (Å²) in [6, 6.07) is 22.2. The van der Waals surface area contributed by atoms with Gasteiger partial charge in [0.15, 0.2) is 5.82 Å². The van der Waals surface area contributed by atoms with Crippen molar-refractivity contribution in [1.29, 1.82) is 0 Å². The number of rotatable bonds is 13. The SMILES string of the molecule is Cc1cc(F)c(Nc2nc(-c3ccc4c(c3)N(C3CC(N5CCCCC5)C3)C(=O)C43CCN(C(=O)c4ccc(C(=O)N5CCC(Cc6cccc7c6C(=O)N(C6CCC(=O)NC6=O)C7=O)CC5)cc4)CC3)cc3ncn(C(C)C)c23)cc1C(=O)NC(C)C. The monoisotopic (exact) mass is 1190 g/mol. The lowest BCUT2D eigenvalue weighted by Gasteiger charge is -2.48. The summed E-state index contributed by atoms with van der Waals surface area (Å²) in [6.45, 7) is 13.4. The highest BCUT2D eigenvalue weighted by Crippen LogP contribution is 2.52. The number of imide groups is 2. The van der Waals surface area contributed by atoms with Gasteiger partial charge in [0.2, 0.25) is 17.7 Å². The fourth-order valence-electron chi connectivity index (χ4n) is 14.7. The number of carbonyl (C=O) groups excluding carboxylic acids is 8. The van der Waals surface area contributed by atoms with E-state index in [9.17, 15) is 33.6 Å². The summed E-state index contributed by atoms with van der Waals surface area (Å²) < 4.78 is 17.9. The summed E-state index contributed by atoms with van der Waals surface area (Å²) in [5, 5.41) is 8.43. The summed E-state index contributed by atoms with van der Waals surface area (Å²) >= 11 is 0. The first-order valence-corrected chi connectivity index (χ1v) is 31.4. The number of aryl methyl sites for hydroxylation is 1. The van der Waals surface area contributed by atoms with Gasteiger partial charge >= 0.3 is 0 Å². The molecule has 1 unspecified atom stereocenters. The van der Waals surface area contributed by atoms with Crippen molar-refractivity contribution in [2.75, 3.05) is 49.5 Å². The van der Waals surface area contributed by atoms with E-state index in [0.717, 1.165) is 53.2 Å². The fraction of sp³-hybridized carbons (Fsp3) is 0.441. The number of piperidine rings is 4. The van der Waals surface area contributed by atoms with E-state index in [2.05, 4.69) is 33.0 Å². The van der Waals surface area contributed by atoms with Crippen molar-refractivity contribution in [3.8, 4) is 11.3 Å². The molecule has 1 atom stereocenters. The maximum atomic E-state index is 16.0. The summed E-state index contributed by atoms with van der Waals surface area (Å²) in [6.07, 6.45) is 9.95. The third-order valence-corrected chi connectivity index (χ3v) is 19.6. The van der Waals surface area contributed by atoms with Crippen LogP contribution in [0.1, 0.15) is 173 Å². The standard InChI is InChI=1S/C68H74FN11O8/c1-38(2)71-61(82)49-35-53(51(69)30-40(49)5)73-60-59-54(70-37-78(59)39(3)4)36-52(72-60)44-16-17-50-56(32-44)79(47-33-46(34-47)75-24-7-6-8-25-75)67(88)68(50)22-28-77(29-23-68)64(85)43-14-12-42(13-15-43)63(84)76-26-20-41(21-27-76)31-45-10-9-11-48-58(45)66(87)80(65(48)86)55-18-19-57(81)74-62(55)83/h9-17,30,32,35-39,41,46-47,55H,6-8,18-29,31,33-34H2,1-5H3,(H,71,82)(H,72,73)(H,74,81,83). The van der Waals surface area contributed by atoms with Gasteiger partial charge in [0, 0.05) is 84.7 Å². The number of benzene rings is 4. The van der Waals surface area contributed by atoms with Gasteiger partial charge in [-0.25, -0.2) is 14.4 Å². The predicted octanol–water partition coefficient (Wildman–Crippen LogP) is 9.04. The van der Waals surface area contributed by atoms with E-state index < -0.39 is 40.9 Å². The van der Waals surface area contributed by atoms with Gasteiger partial charge < -0.3 is 34.8 Å². The normalized spacial score (nSPS) is 21.4. The van der Waals surface area contributed by atoms with E-state index in [4.69, 9.17) is 9.97 Å². The molecule has 19 nitrogen and oxygen atoms in total. The summed E-state index contributed by atoms with van der Waals surface area (Å²) in [7, 11) is 0. The quantitative estimate of drug-likeness (QED) is 0.0923. The Hall–Kier alpha value is -8.65. The number of pyridine rings is 1. The minimum atomic E-state index is -1.04. The Morgan fingerprint density at radius 2 is 1.45 bits per heavy atom. The third-order valence-electron chi connectivity index (χ3n) is 19.6. The first-order chi connectivity index (χ1) is 42.3. The van der Waals surface area contributed by atoms with Crippen LogP contribution in [0.25, 0.3) is 22.3 Å². The van der Waals surface area contributed by atoms with E-state index in [0.29, 0.717) is 115 Å². The smallest absolute Gasteiger partial charge is 0.262 e. The zero-order valence-electron chi connectivity index (χ0n) is 50.5. The Balaban J connectivity index is 0.702. The summed E-state index contributed by atoms with van der Waals surface area (Å²) in [5.41, 5.74) is 6.72. The van der Waals surface area contributed by atoms with Crippen LogP contribution in [0.5, 0.6) is 0 Å². The second-order valence-corrected chi connectivity index (χ2v) is 25.8. The molecule has 1 spiro atoms. The van der Waals surface area contributed by atoms with Gasteiger partial charge in [-0.05, 0) is 189 Å². The van der Waals surface area contributed by atoms with Gasteiger partial charge in [-0.3, -0.25) is 48.6 Å². The van der Waals surface area contributed by atoms with Gasteiger partial charge in [-0.1, -0.05) is 30.7 Å². The molecule has 13 rings (SSSR count). The minimum Gasteiger partial charge on any atom is -0.350 e. The average molecular weight is 1190 g/mol. The first-order valence-electron chi connectivity index (χ1n) is 31.4. The molecular weight excluding hydrogens is 1120 g/mol. The number of anilines is 3. The number of imidazole rings is 1. The Kier molecular flexibility index (Phi) is 15.3. The van der Waals surface area contributed by atoms with Gasteiger partial charge in [0.05, 0.1) is 39.8 Å². The Bertz CT molecular complexity index is 3870. The highest BCUT2D eigenvalue weighted by atomic mass is 19.1. The zero-order chi connectivity index (χ0) is 61.4. The molecule has 4 saturated heterocycles. The molecule has 5 fully saturated rings. The van der Waals surface area contributed by atoms with Gasteiger partial charge in [-0.15, -0.1) is 0 Å². The van der Waals surface area contributed by atoms with Crippen LogP contribution >= 0.6 is 0 Å². The maximum Gasteiger partial charge on any atom is 0.262 e. The van der Waals surface area contributed by atoms with E-state index in [-0.39, 0.29) is 71.8 Å². The number of aromatic nitrogens is 3. The maximum absolute atomic E-state index is 16.0. The van der Waals surface area contributed by atoms with E-state index in [1.54, 1.807) is 54.5 Å². The molecule has 6 aromatic rings. The van der Waals surface area contributed by atoms with Crippen molar-refractivity contribution in [3.05, 3.63) is 136 Å². The van der Waals surface area contributed by atoms with Crippen LogP contribution in [0.4, 0.5) is 21.6 Å². The van der Waals surface area contributed by atoms with Gasteiger partial charge in [0.25, 0.3) is 29.5 Å². The molecule has 20 heteroatoms. The molecular formula is C68H74FN11O8. The van der Waals surface area contributed by atoms with Crippen molar-refractivity contribution in [2.45, 2.75) is 147 Å². The Morgan fingerprint density at radius 1 is 0.761 bits per heavy atom. The highest BCUT2D eigenvalue weighted by molar-refractivity contribution is 6.24. The molecule has 1 saturated carbocycles. The molecule has 6 aliphatic heterocycles. The number of carbonyl (C=O) groups is 8. The Labute approximate surface area is 510 Å². The average Bonchev–Trinajstić information content (AvgIpc) is 1.57. The van der Waals surface area contributed by atoms with Crippen molar-refractivity contribution < 1.29 is 42.7 Å². The number of fused-ring (bicyclic) bond motifs is 4. The van der Waals surface area contributed by atoms with Crippen LogP contribution in [0.2, 0.25) is 0 Å². The lowest BCUT2D eigenvalue weighted by Crippen LogP contribution is -2.58. The predicted molar refractivity (Wildman–Crippen MR) is 329 cm³/mol. The van der Waals surface area contributed by atoms with Crippen molar-refractivity contribution in [3.63, 3.8) is 0 Å². The second kappa shape index (κ2) is 23.1. The molecule has 456 valence electrons. The number of likely N-dealkylation sites (tertiary alicyclic amines) is 3. The molecule has 4 aromatic carbocycles. The first kappa shape index (κ1) is 58.4. The van der Waals surface area contributed by atoms with Crippen LogP contribution in [0.3, 0.4) is 0 Å². The minimum absolute atomic E-state index is 0.00199. The molecule has 0 bridgehead atoms. The lowest BCUT2D eigenvalue weighted by atomic mass is 9.73. The van der Waals surface area contributed by atoms with Crippen LogP contribution in [0, 0.1) is 18.7 Å². The molecule has 1 aliphatic carbocycles. The zero-order valence-corrected chi connectivity index (χ0v) is 50.5. The molecule has 2 aromatic heterocycles. The number of amides is 8. The fourth-order valence-corrected chi connectivity index (χ4v) is 14.7. The Morgan fingerprint density at radius 3 is 2.12 bits per heavy atom. The molecule has 8 amide bonds. The third kappa shape index (κ3) is 10.4. The van der Waals surface area contributed by atoms with Crippen LogP contribution in [-0.4, -0.2) is 145 Å². The summed E-state index contributed by atoms with van der Waals surface area (Å²) in [4.78, 5) is 128. The molecule has 3 N–H and O–H groups in total. The molecule has 8 heterocycles. The molecule has 88 heavy (non-hydrogen) atoms. The van der Waals surface area contributed by atoms with Gasteiger partial charge in [-0.2, -0.15) is 0 Å². The molecule has 7 aliphatic rings. The van der Waals surface area contributed by atoms with Crippen LogP contribution < -0.4 is 20.9 Å². The topological polar surface area (TPSA) is 220 Å². The number of nitrogens with one attached hydrogen (secondary N) is 3. The summed E-state index contributed by atoms with van der Waals surface area (Å²) in [5.74, 6) is -2.74. The number of halogens is 1. The van der Waals surface area contributed by atoms with E-state index in [1.807, 2.05) is 60.3 Å². The number of hydrogen-bond donors (Lipinski definition) is 3. The van der Waals surface area contributed by atoms with Crippen molar-refractivity contribution >= 4 is 75.5 Å². The lowest BCUT2D eigenvalue weighted by molar-refractivity contribution is -0.136. The van der Waals surface area contributed by atoms with Crippen molar-refractivity contribution in [2.24, 2.45) is 5.92 Å². The van der Waals surface area contributed by atoms with Gasteiger partial charge in [0.1, 0.15) is 17.4 Å². The molecule has 0 radical (unpaired) electrons. The highest BCUT2D eigenvalue weighted by Gasteiger charge is 2.56. The van der Waals surface area contributed by atoms with Crippen LogP contribution in [-0.2, 0) is 26.2 Å². The number of nitrogens with zero attached hydrogens (tertiary/aromatic N) is 8. The van der Waals surface area contributed by atoms with E-state index in [1.165, 1.54) is 31.4 Å². The van der Waals surface area contributed by atoms with E-state index >= 15 is 9.18 Å². The number of hydrogen-bond acceptors (Lipinski definition) is 12.